The predicted molar refractivity (Wildman–Crippen MR) is 88.4 cm³/mol. The molecule has 1 aromatic carbocycles. The molecule has 140 valence electrons. The first-order valence-electron chi connectivity index (χ1n) is 8.72. The molecule has 0 radical (unpaired) electrons. The van der Waals surface area contributed by atoms with E-state index in [0.29, 0.717) is 38.0 Å². The molecule has 0 bridgehead atoms. The molecule has 4 rings (SSSR count). The first-order chi connectivity index (χ1) is 12.4. The average Bonchev–Trinajstić information content (AvgIpc) is 2.91. The summed E-state index contributed by atoms with van der Waals surface area (Å²) in [6.07, 6.45) is 0.624. The second-order valence-corrected chi connectivity index (χ2v) is 7.40. The van der Waals surface area contributed by atoms with Gasteiger partial charge in [0, 0.05) is 0 Å². The lowest BCUT2D eigenvalue weighted by Crippen LogP contribution is -2.70. The number of nitrogens with one attached hydrogen (secondary N) is 1. The van der Waals surface area contributed by atoms with Crippen LogP contribution in [0.25, 0.3) is 0 Å². The lowest BCUT2D eigenvalue weighted by Gasteiger charge is -2.46. The second kappa shape index (κ2) is 6.34. The van der Waals surface area contributed by atoms with Gasteiger partial charge in [-0.25, -0.2) is 14.0 Å². The van der Waals surface area contributed by atoms with Crippen molar-refractivity contribution in [2.75, 3.05) is 26.3 Å². The number of ether oxygens (including phenoxy) is 3. The number of nitrogens with zero attached hydrogens (tertiary/aromatic N) is 1. The van der Waals surface area contributed by atoms with Crippen molar-refractivity contribution in [1.29, 1.82) is 0 Å². The molecule has 3 aliphatic rings. The molecule has 1 saturated carbocycles. The fourth-order valence-electron chi connectivity index (χ4n) is 3.58. The molecule has 26 heavy (non-hydrogen) atoms. The number of likely N-dealkylation sites (tertiary alicyclic amines) is 1. The molecule has 0 unspecified atom stereocenters. The molecule has 0 aromatic heterocycles. The third-order valence-electron chi connectivity index (χ3n) is 5.16. The van der Waals surface area contributed by atoms with Crippen LogP contribution in [0, 0.1) is 18.7 Å². The first-order valence-corrected chi connectivity index (χ1v) is 8.72. The first kappa shape index (κ1) is 16.9. The highest BCUT2D eigenvalue weighted by molar-refractivity contribution is 5.74. The van der Waals surface area contributed by atoms with E-state index in [-0.39, 0.29) is 18.0 Å². The number of cyclic esters (lactones) is 1. The van der Waals surface area contributed by atoms with Crippen molar-refractivity contribution >= 4 is 12.2 Å². The van der Waals surface area contributed by atoms with E-state index in [4.69, 9.17) is 14.2 Å². The molecule has 1 aliphatic carbocycles. The maximum absolute atomic E-state index is 13.1. The summed E-state index contributed by atoms with van der Waals surface area (Å²) in [7, 11) is 0. The number of benzene rings is 1. The molecular formula is C18H21FN2O5. The van der Waals surface area contributed by atoms with Gasteiger partial charge in [0.1, 0.15) is 29.8 Å². The number of halogens is 1. The smallest absolute Gasteiger partial charge is 0.410 e. The van der Waals surface area contributed by atoms with Crippen LogP contribution in [-0.2, 0) is 9.47 Å². The van der Waals surface area contributed by atoms with Crippen molar-refractivity contribution < 1.29 is 28.2 Å². The number of carbonyl (C=O) groups excluding carboxylic acids is 2. The minimum absolute atomic E-state index is 0.101. The molecular weight excluding hydrogens is 343 g/mol. The number of alkyl carbamates (subject to hydrolysis) is 1. The zero-order valence-electron chi connectivity index (χ0n) is 14.5. The number of hydrogen-bond donors (Lipinski definition) is 1. The summed E-state index contributed by atoms with van der Waals surface area (Å²) in [6, 6.07) is 4.45. The number of hydrogen-bond acceptors (Lipinski definition) is 5. The molecule has 1 aromatic rings. The second-order valence-electron chi connectivity index (χ2n) is 7.40. The minimum Gasteiger partial charge on any atom is -0.493 e. The van der Waals surface area contributed by atoms with Crippen molar-refractivity contribution in [2.45, 2.75) is 31.4 Å². The summed E-state index contributed by atoms with van der Waals surface area (Å²) in [4.78, 5) is 24.8. The van der Waals surface area contributed by atoms with Crippen molar-refractivity contribution in [3.05, 3.63) is 29.6 Å². The van der Waals surface area contributed by atoms with Gasteiger partial charge in [0.2, 0.25) is 0 Å². The quantitative estimate of drug-likeness (QED) is 0.887. The maximum Gasteiger partial charge on any atom is 0.410 e. The fraction of sp³-hybridized carbons (Fsp3) is 0.556. The van der Waals surface area contributed by atoms with E-state index >= 15 is 0 Å². The van der Waals surface area contributed by atoms with Crippen LogP contribution in [-0.4, -0.2) is 55.0 Å². The molecule has 0 atom stereocenters. The number of rotatable bonds is 4. The van der Waals surface area contributed by atoms with Gasteiger partial charge in [0.05, 0.1) is 19.7 Å². The summed E-state index contributed by atoms with van der Waals surface area (Å²) >= 11 is 0. The lowest BCUT2D eigenvalue weighted by molar-refractivity contribution is -0.0358. The maximum atomic E-state index is 13.1. The summed E-state index contributed by atoms with van der Waals surface area (Å²) in [5.41, 5.74) is 0.334. The van der Waals surface area contributed by atoms with E-state index in [1.807, 2.05) is 0 Å². The lowest BCUT2D eigenvalue weighted by atomic mass is 9.83. The Balaban J connectivity index is 1.15. The molecule has 7 nitrogen and oxygen atoms in total. The van der Waals surface area contributed by atoms with Gasteiger partial charge in [0.15, 0.2) is 0 Å². The molecule has 1 spiro atoms. The Hall–Kier alpha value is -2.51. The molecule has 2 heterocycles. The Morgan fingerprint density at radius 3 is 2.85 bits per heavy atom. The summed E-state index contributed by atoms with van der Waals surface area (Å²) in [5, 5.41) is 2.73. The monoisotopic (exact) mass is 364 g/mol. The molecule has 2 saturated heterocycles. The molecule has 1 N–H and O–H groups in total. The summed E-state index contributed by atoms with van der Waals surface area (Å²) in [5.74, 6) is 0.725. The Morgan fingerprint density at radius 2 is 2.19 bits per heavy atom. The number of amides is 2. The Kier molecular flexibility index (Phi) is 4.13. The minimum atomic E-state index is -0.434. The van der Waals surface area contributed by atoms with Gasteiger partial charge in [-0.15, -0.1) is 0 Å². The third kappa shape index (κ3) is 3.27. The molecule has 2 amide bonds. The fourth-order valence-corrected chi connectivity index (χ4v) is 3.58. The van der Waals surface area contributed by atoms with Crippen LogP contribution in [0.3, 0.4) is 0 Å². The largest absolute Gasteiger partial charge is 0.493 e. The number of carbonyl (C=O) groups is 2. The number of aryl methyl sites for hydroxylation is 1. The van der Waals surface area contributed by atoms with E-state index < -0.39 is 11.6 Å². The Bertz CT molecular complexity index is 728. The van der Waals surface area contributed by atoms with E-state index in [0.717, 1.165) is 18.4 Å². The van der Waals surface area contributed by atoms with Crippen molar-refractivity contribution in [3.8, 4) is 5.75 Å². The van der Waals surface area contributed by atoms with Crippen LogP contribution in [0.5, 0.6) is 5.75 Å². The highest BCUT2D eigenvalue weighted by Gasteiger charge is 2.52. The van der Waals surface area contributed by atoms with Crippen LogP contribution in [0.2, 0.25) is 0 Å². The van der Waals surface area contributed by atoms with Crippen LogP contribution >= 0.6 is 0 Å². The van der Waals surface area contributed by atoms with Crippen molar-refractivity contribution in [2.24, 2.45) is 5.92 Å². The van der Waals surface area contributed by atoms with Crippen LogP contribution in [0.1, 0.15) is 18.4 Å². The van der Waals surface area contributed by atoms with E-state index in [2.05, 4.69) is 5.32 Å². The Labute approximate surface area is 150 Å². The summed E-state index contributed by atoms with van der Waals surface area (Å²) in [6.45, 7) is 3.46. The van der Waals surface area contributed by atoms with E-state index in [1.165, 1.54) is 12.1 Å². The van der Waals surface area contributed by atoms with Gasteiger partial charge in [-0.1, -0.05) is 0 Å². The standard InChI is InChI=1S/C18H21FN2O5/c1-11-4-13(19)2-3-15(11)24-7-12-5-14(6-12)26-17(23)21-8-18(9-21)10-25-16(22)20-18/h2-4,12,14H,5-10H2,1H3,(H,20,22)/t12-,14+. The van der Waals surface area contributed by atoms with Crippen LogP contribution in [0.15, 0.2) is 18.2 Å². The summed E-state index contributed by atoms with van der Waals surface area (Å²) < 4.78 is 29.2. The topological polar surface area (TPSA) is 77.1 Å². The average molecular weight is 364 g/mol. The zero-order chi connectivity index (χ0) is 18.3. The van der Waals surface area contributed by atoms with Gasteiger partial charge >= 0.3 is 12.2 Å². The molecule has 3 fully saturated rings. The van der Waals surface area contributed by atoms with Crippen molar-refractivity contribution in [3.63, 3.8) is 0 Å². The van der Waals surface area contributed by atoms with Crippen molar-refractivity contribution in [1.82, 2.24) is 10.2 Å². The van der Waals surface area contributed by atoms with Gasteiger partial charge in [-0.3, -0.25) is 0 Å². The molecule has 8 heteroatoms. The molecule has 2 aliphatic heterocycles. The van der Waals surface area contributed by atoms with E-state index in [9.17, 15) is 14.0 Å². The SMILES string of the molecule is Cc1cc(F)ccc1OC[C@H]1C[C@@H](OC(=O)N2CC3(COC(=O)N3)C2)C1. The van der Waals surface area contributed by atoms with E-state index in [1.54, 1.807) is 17.9 Å². The van der Waals surface area contributed by atoms with Gasteiger partial charge < -0.3 is 24.4 Å². The van der Waals surface area contributed by atoms with Gasteiger partial charge in [-0.2, -0.15) is 0 Å². The van der Waals surface area contributed by atoms with Gasteiger partial charge in [-0.05, 0) is 49.4 Å². The third-order valence-corrected chi connectivity index (χ3v) is 5.16. The highest BCUT2D eigenvalue weighted by atomic mass is 19.1. The predicted octanol–water partition coefficient (Wildman–Crippen LogP) is 2.22. The zero-order valence-corrected chi connectivity index (χ0v) is 14.5. The van der Waals surface area contributed by atoms with Gasteiger partial charge in [0.25, 0.3) is 0 Å². The highest BCUT2D eigenvalue weighted by Crippen LogP contribution is 2.33. The van der Waals surface area contributed by atoms with Crippen LogP contribution < -0.4 is 10.1 Å². The normalized spacial score (nSPS) is 25.8. The van der Waals surface area contributed by atoms with Crippen LogP contribution in [0.4, 0.5) is 14.0 Å². The Morgan fingerprint density at radius 1 is 1.42 bits per heavy atom.